The molecule has 32 heavy (non-hydrogen) atoms. The summed E-state index contributed by atoms with van der Waals surface area (Å²) in [6.07, 6.45) is 1.96. The minimum Gasteiger partial charge on any atom is -0.488 e. The lowest BCUT2D eigenvalue weighted by Gasteiger charge is -2.19. The normalized spacial score (nSPS) is 14.4. The number of halogens is 3. The van der Waals surface area contributed by atoms with Crippen LogP contribution in [0.2, 0.25) is 10.0 Å². The van der Waals surface area contributed by atoms with E-state index < -0.39 is 0 Å². The summed E-state index contributed by atoms with van der Waals surface area (Å²) in [4.78, 5) is 15.1. The molecular weight excluding hydrogens is 556 g/mol. The third-order valence-corrected chi connectivity index (χ3v) is 6.60. The van der Waals surface area contributed by atoms with Crippen LogP contribution in [0.4, 0.5) is 5.69 Å². The van der Waals surface area contributed by atoms with Crippen molar-refractivity contribution in [3.63, 3.8) is 0 Å². The van der Waals surface area contributed by atoms with Crippen LogP contribution < -0.4 is 9.64 Å². The van der Waals surface area contributed by atoms with Crippen LogP contribution in [0.5, 0.6) is 5.75 Å². The van der Waals surface area contributed by atoms with Crippen LogP contribution in [0.1, 0.15) is 30.5 Å². The average molecular weight is 578 g/mol. The van der Waals surface area contributed by atoms with Gasteiger partial charge in [-0.15, -0.1) is 0 Å². The number of para-hydroxylation sites is 1. The van der Waals surface area contributed by atoms with Crippen molar-refractivity contribution in [2.45, 2.75) is 20.5 Å². The Morgan fingerprint density at radius 3 is 2.56 bits per heavy atom. The van der Waals surface area contributed by atoms with Crippen LogP contribution >= 0.6 is 45.8 Å². The molecule has 1 heterocycles. The van der Waals surface area contributed by atoms with Gasteiger partial charge >= 0.3 is 0 Å². The predicted molar refractivity (Wildman–Crippen MR) is 141 cm³/mol. The fourth-order valence-electron chi connectivity index (χ4n) is 3.68. The van der Waals surface area contributed by atoms with Crippen LogP contribution in [-0.2, 0) is 11.4 Å². The van der Waals surface area contributed by atoms with Gasteiger partial charge in [-0.1, -0.05) is 67.4 Å². The van der Waals surface area contributed by atoms with E-state index in [9.17, 15) is 4.79 Å². The molecule has 0 saturated carbocycles. The van der Waals surface area contributed by atoms with E-state index in [1.165, 1.54) is 0 Å². The minimum atomic E-state index is 0.0487. The van der Waals surface area contributed by atoms with Gasteiger partial charge in [0.25, 0.3) is 5.91 Å². The standard InChI is InChI=1S/C26H22Cl2INO2/c1-16(2)14-30-24-6-4-3-5-20(24)21(26(30)31)11-17-7-10-25(23(29)12-17)32-15-18-8-9-19(27)13-22(18)28/h3-13,16H,14-15H2,1-2H3/b21-11-. The van der Waals surface area contributed by atoms with E-state index in [1.54, 1.807) is 12.1 Å². The highest BCUT2D eigenvalue weighted by Crippen LogP contribution is 2.38. The Hall–Kier alpha value is -2.02. The highest BCUT2D eigenvalue weighted by molar-refractivity contribution is 14.1. The van der Waals surface area contributed by atoms with Crippen LogP contribution in [0.15, 0.2) is 60.7 Å². The molecule has 3 nitrogen and oxygen atoms in total. The van der Waals surface area contributed by atoms with Crippen molar-refractivity contribution < 1.29 is 9.53 Å². The van der Waals surface area contributed by atoms with Crippen molar-refractivity contribution in [2.24, 2.45) is 5.92 Å². The molecule has 1 amide bonds. The predicted octanol–water partition coefficient (Wildman–Crippen LogP) is 7.72. The number of benzene rings is 3. The van der Waals surface area contributed by atoms with E-state index in [2.05, 4.69) is 36.4 Å². The van der Waals surface area contributed by atoms with Gasteiger partial charge in [-0.2, -0.15) is 0 Å². The van der Waals surface area contributed by atoms with Gasteiger partial charge in [-0.3, -0.25) is 4.79 Å². The maximum atomic E-state index is 13.2. The number of nitrogens with zero attached hydrogens (tertiary/aromatic N) is 1. The summed E-state index contributed by atoms with van der Waals surface area (Å²) in [7, 11) is 0. The molecule has 4 rings (SSSR count). The summed E-state index contributed by atoms with van der Waals surface area (Å²) >= 11 is 14.5. The van der Waals surface area contributed by atoms with Gasteiger partial charge < -0.3 is 9.64 Å². The van der Waals surface area contributed by atoms with Crippen molar-refractivity contribution in [3.05, 3.63) is 91.0 Å². The van der Waals surface area contributed by atoms with E-state index in [1.807, 2.05) is 59.5 Å². The molecule has 3 aromatic rings. The summed E-state index contributed by atoms with van der Waals surface area (Å²) in [5, 5.41) is 1.18. The van der Waals surface area contributed by atoms with Crippen molar-refractivity contribution in [2.75, 3.05) is 11.4 Å². The Kier molecular flexibility index (Phi) is 7.13. The summed E-state index contributed by atoms with van der Waals surface area (Å²) in [5.74, 6) is 1.20. The van der Waals surface area contributed by atoms with E-state index >= 15 is 0 Å². The lowest BCUT2D eigenvalue weighted by atomic mass is 10.0. The second-order valence-electron chi connectivity index (χ2n) is 8.10. The Labute approximate surface area is 212 Å². The van der Waals surface area contributed by atoms with Crippen molar-refractivity contribution in [1.82, 2.24) is 0 Å². The number of amides is 1. The largest absolute Gasteiger partial charge is 0.488 e. The molecule has 164 valence electrons. The van der Waals surface area contributed by atoms with Crippen molar-refractivity contribution in [1.29, 1.82) is 0 Å². The first-order chi connectivity index (χ1) is 15.3. The van der Waals surface area contributed by atoms with Crippen molar-refractivity contribution in [3.8, 4) is 5.75 Å². The Balaban J connectivity index is 1.57. The van der Waals surface area contributed by atoms with Crippen LogP contribution in [-0.4, -0.2) is 12.5 Å². The topological polar surface area (TPSA) is 29.5 Å². The zero-order valence-corrected chi connectivity index (χ0v) is 21.4. The third-order valence-electron chi connectivity index (χ3n) is 5.17. The van der Waals surface area contributed by atoms with Gasteiger partial charge in [-0.25, -0.2) is 0 Å². The molecule has 0 fully saturated rings. The number of carbonyl (C=O) groups is 1. The van der Waals surface area contributed by atoms with Gasteiger partial charge in [0.1, 0.15) is 12.4 Å². The first-order valence-electron chi connectivity index (χ1n) is 10.3. The zero-order valence-electron chi connectivity index (χ0n) is 17.7. The van der Waals surface area contributed by atoms with Gasteiger partial charge in [0.2, 0.25) is 0 Å². The fourth-order valence-corrected chi connectivity index (χ4v) is 4.84. The minimum absolute atomic E-state index is 0.0487. The Bertz CT molecular complexity index is 1210. The molecule has 0 aliphatic carbocycles. The second-order valence-corrected chi connectivity index (χ2v) is 10.1. The summed E-state index contributed by atoms with van der Waals surface area (Å²) in [6, 6.07) is 19.3. The van der Waals surface area contributed by atoms with Crippen LogP contribution in [0.25, 0.3) is 11.6 Å². The first-order valence-corrected chi connectivity index (χ1v) is 12.2. The lowest BCUT2D eigenvalue weighted by Crippen LogP contribution is -2.30. The molecule has 0 radical (unpaired) electrons. The molecule has 0 atom stereocenters. The highest BCUT2D eigenvalue weighted by Gasteiger charge is 2.32. The quantitative estimate of drug-likeness (QED) is 0.222. The zero-order chi connectivity index (χ0) is 22.8. The Morgan fingerprint density at radius 1 is 1.06 bits per heavy atom. The molecule has 0 bridgehead atoms. The number of rotatable bonds is 6. The van der Waals surface area contributed by atoms with E-state index in [0.29, 0.717) is 29.1 Å². The molecule has 1 aliphatic heterocycles. The molecule has 6 heteroatoms. The number of fused-ring (bicyclic) bond motifs is 1. The maximum absolute atomic E-state index is 13.2. The molecule has 0 aromatic heterocycles. The van der Waals surface area contributed by atoms with Gasteiger partial charge in [0.05, 0.1) is 9.26 Å². The maximum Gasteiger partial charge on any atom is 0.259 e. The molecule has 0 spiro atoms. The summed E-state index contributed by atoms with van der Waals surface area (Å²) < 4.78 is 6.93. The number of carbonyl (C=O) groups excluding carboxylic acids is 1. The van der Waals surface area contributed by atoms with E-state index in [-0.39, 0.29) is 5.91 Å². The number of hydrogen-bond acceptors (Lipinski definition) is 2. The SMILES string of the molecule is CC(C)CN1C(=O)/C(=C\c2ccc(OCc3ccc(Cl)cc3Cl)c(I)c2)c2ccccc21. The molecule has 0 saturated heterocycles. The molecule has 0 N–H and O–H groups in total. The molecule has 0 unspecified atom stereocenters. The van der Waals surface area contributed by atoms with E-state index in [0.717, 1.165) is 37.3 Å². The van der Waals surface area contributed by atoms with Gasteiger partial charge in [0, 0.05) is 33.3 Å². The molecule has 3 aromatic carbocycles. The molecule has 1 aliphatic rings. The van der Waals surface area contributed by atoms with Gasteiger partial charge in [0.15, 0.2) is 0 Å². The number of hydrogen-bond donors (Lipinski definition) is 0. The lowest BCUT2D eigenvalue weighted by molar-refractivity contribution is -0.113. The summed E-state index contributed by atoms with van der Waals surface area (Å²) in [5.41, 5.74) is 4.50. The third kappa shape index (κ3) is 4.98. The van der Waals surface area contributed by atoms with Crippen LogP contribution in [0, 0.1) is 9.49 Å². The smallest absolute Gasteiger partial charge is 0.259 e. The van der Waals surface area contributed by atoms with Gasteiger partial charge in [-0.05, 0) is 70.5 Å². The number of ether oxygens (including phenoxy) is 1. The molecular formula is C26H22Cl2INO2. The summed E-state index contributed by atoms with van der Waals surface area (Å²) in [6.45, 7) is 5.29. The fraction of sp³-hybridized carbons (Fsp3) is 0.192. The highest BCUT2D eigenvalue weighted by atomic mass is 127. The van der Waals surface area contributed by atoms with Crippen molar-refractivity contribution >= 4 is 69.0 Å². The number of anilines is 1. The monoisotopic (exact) mass is 577 g/mol. The first kappa shape index (κ1) is 23.1. The average Bonchev–Trinajstić information content (AvgIpc) is 3.00. The second kappa shape index (κ2) is 9.86. The van der Waals surface area contributed by atoms with E-state index in [4.69, 9.17) is 27.9 Å². The van der Waals surface area contributed by atoms with Crippen LogP contribution in [0.3, 0.4) is 0 Å². The Morgan fingerprint density at radius 2 is 1.84 bits per heavy atom.